The summed E-state index contributed by atoms with van der Waals surface area (Å²) in [5.74, 6) is -0.228. The minimum atomic E-state index is -0.437. The number of amides is 1. The van der Waals surface area contributed by atoms with Crippen molar-refractivity contribution >= 4 is 23.4 Å². The molecular weight excluding hydrogens is 366 g/mol. The molecule has 1 N–H and O–H groups in total. The summed E-state index contributed by atoms with van der Waals surface area (Å²) in [6.07, 6.45) is 3.67. The molecule has 0 bridgehead atoms. The van der Waals surface area contributed by atoms with E-state index in [0.717, 1.165) is 11.1 Å². The molecule has 6 nitrogen and oxygen atoms in total. The van der Waals surface area contributed by atoms with E-state index in [-0.39, 0.29) is 18.0 Å². The first-order valence-electron chi connectivity index (χ1n) is 9.00. The Labute approximate surface area is 168 Å². The first-order chi connectivity index (χ1) is 14.1. The van der Waals surface area contributed by atoms with E-state index in [1.54, 1.807) is 24.3 Å². The van der Waals surface area contributed by atoms with Crippen molar-refractivity contribution in [1.29, 1.82) is 0 Å². The zero-order chi connectivity index (χ0) is 20.5. The number of nitro groups is 1. The standard InChI is InChI=1S/C23H19N3O3/c27-23(17-18-8-3-1-4-9-18)25-24-22(20-11-5-2-6-12-20)15-14-19-10-7-13-21(16-19)26(28)29/h1-16H,17H2,(H,25,27). The summed E-state index contributed by atoms with van der Waals surface area (Å²) < 4.78 is 0. The Balaban J connectivity index is 1.79. The molecule has 144 valence electrons. The highest BCUT2D eigenvalue weighted by Gasteiger charge is 2.06. The van der Waals surface area contributed by atoms with Gasteiger partial charge in [0.2, 0.25) is 5.91 Å². The van der Waals surface area contributed by atoms with Crippen LogP contribution in [-0.2, 0) is 11.2 Å². The number of rotatable bonds is 7. The normalized spacial score (nSPS) is 11.4. The quantitative estimate of drug-likeness (QED) is 0.372. The molecule has 3 aromatic carbocycles. The van der Waals surface area contributed by atoms with Gasteiger partial charge in [0.05, 0.1) is 17.1 Å². The van der Waals surface area contributed by atoms with E-state index < -0.39 is 4.92 Å². The van der Waals surface area contributed by atoms with E-state index in [1.807, 2.05) is 60.7 Å². The van der Waals surface area contributed by atoms with E-state index in [0.29, 0.717) is 11.3 Å². The van der Waals surface area contributed by atoms with Crippen molar-refractivity contribution < 1.29 is 9.72 Å². The molecule has 3 rings (SSSR count). The Hall–Kier alpha value is -4.06. The predicted octanol–water partition coefficient (Wildman–Crippen LogP) is 4.37. The van der Waals surface area contributed by atoms with Gasteiger partial charge in [0.25, 0.3) is 5.69 Å². The summed E-state index contributed by atoms with van der Waals surface area (Å²) in [5, 5.41) is 15.2. The lowest BCUT2D eigenvalue weighted by atomic mass is 10.1. The maximum atomic E-state index is 12.2. The van der Waals surface area contributed by atoms with Crippen LogP contribution >= 0.6 is 0 Å². The molecule has 0 unspecified atom stereocenters. The molecule has 0 aliphatic rings. The van der Waals surface area contributed by atoms with Crippen LogP contribution in [-0.4, -0.2) is 16.5 Å². The van der Waals surface area contributed by atoms with Crippen molar-refractivity contribution in [1.82, 2.24) is 5.43 Å². The third kappa shape index (κ3) is 5.97. The second-order valence-electron chi connectivity index (χ2n) is 6.25. The molecule has 0 atom stereocenters. The number of carbonyl (C=O) groups is 1. The molecule has 0 fully saturated rings. The lowest BCUT2D eigenvalue weighted by molar-refractivity contribution is -0.384. The molecular formula is C23H19N3O3. The number of nitro benzene ring substituents is 1. The van der Waals surface area contributed by atoms with Crippen LogP contribution in [0.1, 0.15) is 16.7 Å². The molecule has 0 spiro atoms. The number of allylic oxidation sites excluding steroid dienone is 1. The van der Waals surface area contributed by atoms with Gasteiger partial charge in [-0.15, -0.1) is 0 Å². The Morgan fingerprint density at radius 2 is 1.66 bits per heavy atom. The molecule has 0 aliphatic carbocycles. The Morgan fingerprint density at radius 3 is 2.34 bits per heavy atom. The second-order valence-corrected chi connectivity index (χ2v) is 6.25. The van der Waals surface area contributed by atoms with Crippen LogP contribution in [0.4, 0.5) is 5.69 Å². The number of benzene rings is 3. The van der Waals surface area contributed by atoms with Crippen LogP contribution in [0.3, 0.4) is 0 Å². The zero-order valence-electron chi connectivity index (χ0n) is 15.6. The molecule has 6 heteroatoms. The van der Waals surface area contributed by atoms with Crippen molar-refractivity contribution in [3.05, 3.63) is 118 Å². The first kappa shape index (κ1) is 19.7. The summed E-state index contributed by atoms with van der Waals surface area (Å²) in [7, 11) is 0. The molecule has 0 heterocycles. The highest BCUT2D eigenvalue weighted by Crippen LogP contribution is 2.15. The van der Waals surface area contributed by atoms with Gasteiger partial charge in [-0.3, -0.25) is 14.9 Å². The van der Waals surface area contributed by atoms with E-state index >= 15 is 0 Å². The SMILES string of the molecule is O=C(Cc1ccccc1)NN=C(C=Cc1cccc([N+](=O)[O-])c1)c1ccccc1. The van der Waals surface area contributed by atoms with Crippen molar-refractivity contribution in [3.63, 3.8) is 0 Å². The van der Waals surface area contributed by atoms with Gasteiger partial charge >= 0.3 is 0 Å². The van der Waals surface area contributed by atoms with Crippen LogP contribution in [0, 0.1) is 10.1 Å². The maximum Gasteiger partial charge on any atom is 0.270 e. The first-order valence-corrected chi connectivity index (χ1v) is 9.00. The summed E-state index contributed by atoms with van der Waals surface area (Å²) in [6, 6.07) is 25.1. The highest BCUT2D eigenvalue weighted by atomic mass is 16.6. The van der Waals surface area contributed by atoms with E-state index in [4.69, 9.17) is 0 Å². The number of hydrogen-bond acceptors (Lipinski definition) is 4. The molecule has 29 heavy (non-hydrogen) atoms. The van der Waals surface area contributed by atoms with Crippen LogP contribution in [0.2, 0.25) is 0 Å². The third-order valence-electron chi connectivity index (χ3n) is 4.09. The molecule has 0 aliphatic heterocycles. The molecule has 0 aromatic heterocycles. The van der Waals surface area contributed by atoms with Gasteiger partial charge < -0.3 is 0 Å². The van der Waals surface area contributed by atoms with Gasteiger partial charge in [0, 0.05) is 17.7 Å². The van der Waals surface area contributed by atoms with Crippen molar-refractivity contribution in [2.24, 2.45) is 5.10 Å². The van der Waals surface area contributed by atoms with E-state index in [1.165, 1.54) is 12.1 Å². The Kier molecular flexibility index (Phi) is 6.62. The highest BCUT2D eigenvalue weighted by molar-refractivity contribution is 6.11. The van der Waals surface area contributed by atoms with Gasteiger partial charge in [-0.2, -0.15) is 5.10 Å². The lowest BCUT2D eigenvalue weighted by Gasteiger charge is -2.04. The number of hydrogen-bond donors (Lipinski definition) is 1. The van der Waals surface area contributed by atoms with Gasteiger partial charge in [0.15, 0.2) is 0 Å². The van der Waals surface area contributed by atoms with E-state index in [9.17, 15) is 14.9 Å². The number of non-ortho nitro benzene ring substituents is 1. The van der Waals surface area contributed by atoms with Crippen LogP contribution in [0.25, 0.3) is 6.08 Å². The van der Waals surface area contributed by atoms with Crippen molar-refractivity contribution in [2.45, 2.75) is 6.42 Å². The monoisotopic (exact) mass is 385 g/mol. The van der Waals surface area contributed by atoms with Crippen LogP contribution in [0.5, 0.6) is 0 Å². The fraction of sp³-hybridized carbons (Fsp3) is 0.0435. The number of hydrazone groups is 1. The van der Waals surface area contributed by atoms with Gasteiger partial charge in [-0.1, -0.05) is 78.9 Å². The molecule has 0 saturated carbocycles. The smallest absolute Gasteiger partial charge is 0.270 e. The Morgan fingerprint density at radius 1 is 0.966 bits per heavy atom. The molecule has 3 aromatic rings. The minimum Gasteiger partial charge on any atom is -0.273 e. The number of nitrogens with zero attached hydrogens (tertiary/aromatic N) is 2. The average Bonchev–Trinajstić information content (AvgIpc) is 2.75. The summed E-state index contributed by atoms with van der Waals surface area (Å²) in [5.41, 5.74) is 5.52. The fourth-order valence-electron chi connectivity index (χ4n) is 2.67. The molecule has 0 radical (unpaired) electrons. The topological polar surface area (TPSA) is 84.6 Å². The summed E-state index contributed by atoms with van der Waals surface area (Å²) in [4.78, 5) is 22.7. The average molecular weight is 385 g/mol. The largest absolute Gasteiger partial charge is 0.273 e. The van der Waals surface area contributed by atoms with Crippen LogP contribution < -0.4 is 5.43 Å². The number of carbonyl (C=O) groups excluding carboxylic acids is 1. The maximum absolute atomic E-state index is 12.2. The van der Waals surface area contributed by atoms with Crippen LogP contribution in [0.15, 0.2) is 96.1 Å². The van der Waals surface area contributed by atoms with Gasteiger partial charge in [0.1, 0.15) is 0 Å². The summed E-state index contributed by atoms with van der Waals surface area (Å²) >= 11 is 0. The second kappa shape index (κ2) is 9.75. The molecule has 0 saturated heterocycles. The van der Waals surface area contributed by atoms with Crippen molar-refractivity contribution in [2.75, 3.05) is 0 Å². The predicted molar refractivity (Wildman–Crippen MR) is 113 cm³/mol. The van der Waals surface area contributed by atoms with Crippen molar-refractivity contribution in [3.8, 4) is 0 Å². The summed E-state index contributed by atoms with van der Waals surface area (Å²) in [6.45, 7) is 0. The Bertz CT molecular complexity index is 1050. The number of nitrogens with one attached hydrogen (secondary N) is 1. The molecule has 1 amide bonds. The van der Waals surface area contributed by atoms with Gasteiger partial charge in [-0.25, -0.2) is 5.43 Å². The zero-order valence-corrected chi connectivity index (χ0v) is 15.6. The van der Waals surface area contributed by atoms with Gasteiger partial charge in [-0.05, 0) is 17.2 Å². The minimum absolute atomic E-state index is 0.0153. The van der Waals surface area contributed by atoms with E-state index in [2.05, 4.69) is 10.5 Å². The third-order valence-corrected chi connectivity index (χ3v) is 4.09. The fourth-order valence-corrected chi connectivity index (χ4v) is 2.67. The lowest BCUT2D eigenvalue weighted by Crippen LogP contribution is -2.21.